The van der Waals surface area contributed by atoms with E-state index in [0.717, 1.165) is 12.1 Å². The molecule has 2 aromatic rings. The molecule has 0 spiro atoms. The maximum Gasteiger partial charge on any atom is 0.454 e. The van der Waals surface area contributed by atoms with Crippen LogP contribution in [0.15, 0.2) is 30.3 Å². The average molecular weight is 381 g/mol. The highest BCUT2D eigenvalue weighted by molar-refractivity contribution is 6.43. The van der Waals surface area contributed by atoms with E-state index in [4.69, 9.17) is 14.1 Å². The molecule has 1 aliphatic heterocycles. The van der Waals surface area contributed by atoms with Crippen LogP contribution >= 0.6 is 0 Å². The number of aromatic nitrogens is 1. The van der Waals surface area contributed by atoms with Gasteiger partial charge in [-0.25, -0.2) is 0 Å². The number of alkyl halides is 3. The lowest BCUT2D eigenvalue weighted by atomic mass is 9.81. The van der Waals surface area contributed by atoms with Crippen LogP contribution in [0.5, 0.6) is 11.5 Å². The van der Waals surface area contributed by atoms with Gasteiger partial charge in [0.2, 0.25) is 0 Å². The Hall–Kier alpha value is -2.26. The lowest BCUT2D eigenvalue weighted by Crippen LogP contribution is -2.10. The quantitative estimate of drug-likeness (QED) is 0.800. The van der Waals surface area contributed by atoms with Crippen LogP contribution in [0.25, 0.3) is 11.3 Å². The van der Waals surface area contributed by atoms with E-state index in [1.165, 1.54) is 7.11 Å². The summed E-state index contributed by atoms with van der Waals surface area (Å²) in [6.45, 7) is 2.32. The Kier molecular flexibility index (Phi) is 5.62. The van der Waals surface area contributed by atoms with Crippen molar-refractivity contribution < 1.29 is 32.3 Å². The van der Waals surface area contributed by atoms with Gasteiger partial charge in [-0.15, -0.1) is 0 Å². The van der Waals surface area contributed by atoms with E-state index in [1.54, 1.807) is 25.1 Å². The molecule has 0 bridgehead atoms. The highest BCUT2D eigenvalue weighted by Crippen LogP contribution is 2.37. The number of benzene rings is 1. The minimum Gasteiger partial charge on any atom is -0.493 e. The summed E-state index contributed by atoms with van der Waals surface area (Å²) in [6.07, 6.45) is -4.31. The smallest absolute Gasteiger partial charge is 0.454 e. The molecule has 1 saturated heterocycles. The van der Waals surface area contributed by atoms with Crippen LogP contribution in [-0.4, -0.2) is 37.4 Å². The largest absolute Gasteiger partial charge is 0.493 e. The monoisotopic (exact) mass is 381 g/mol. The van der Waals surface area contributed by atoms with Crippen LogP contribution in [0.1, 0.15) is 24.1 Å². The van der Waals surface area contributed by atoms with E-state index in [-0.39, 0.29) is 24.3 Å². The summed E-state index contributed by atoms with van der Waals surface area (Å²) in [7, 11) is 0.504. The third-order valence-electron chi connectivity index (χ3n) is 4.33. The summed E-state index contributed by atoms with van der Waals surface area (Å²) in [5.74, 6) is 0.517. The van der Waals surface area contributed by atoms with Crippen LogP contribution in [0, 0.1) is 0 Å². The molecule has 1 aromatic heterocycles. The van der Waals surface area contributed by atoms with Crippen LogP contribution in [0.4, 0.5) is 13.2 Å². The molecule has 0 amide bonds. The lowest BCUT2D eigenvalue weighted by Gasteiger charge is -2.16. The Morgan fingerprint density at radius 3 is 2.63 bits per heavy atom. The molecule has 1 aromatic carbocycles. The Balaban J connectivity index is 2.07. The molecule has 1 N–H and O–H groups in total. The fourth-order valence-electron chi connectivity index (χ4n) is 2.99. The summed E-state index contributed by atoms with van der Waals surface area (Å²) in [6, 6.07) is 6.89. The lowest BCUT2D eigenvalue weighted by molar-refractivity contribution is -0.137. The van der Waals surface area contributed by atoms with Gasteiger partial charge >= 0.3 is 13.3 Å². The maximum atomic E-state index is 13.4. The van der Waals surface area contributed by atoms with Crippen molar-refractivity contribution in [3.05, 3.63) is 41.6 Å². The zero-order valence-electron chi connectivity index (χ0n) is 14.9. The van der Waals surface area contributed by atoms with Crippen molar-refractivity contribution in [2.45, 2.75) is 25.3 Å². The molecule has 0 unspecified atom stereocenters. The highest BCUT2D eigenvalue weighted by Gasteiger charge is 2.35. The van der Waals surface area contributed by atoms with Crippen LogP contribution in [0.3, 0.4) is 0 Å². The van der Waals surface area contributed by atoms with Crippen LogP contribution < -0.4 is 9.47 Å². The summed E-state index contributed by atoms with van der Waals surface area (Å²) < 4.78 is 56.0. The molecule has 0 radical (unpaired) electrons. The van der Waals surface area contributed by atoms with E-state index >= 15 is 0 Å². The first kappa shape index (κ1) is 19.5. The normalized spacial score (nSPS) is 17.3. The number of hydrogen-bond donors (Lipinski definition) is 1. The number of rotatable bonds is 5. The second-order valence-electron chi connectivity index (χ2n) is 6.18. The second kappa shape index (κ2) is 7.78. The summed E-state index contributed by atoms with van der Waals surface area (Å²) in [5, 5.41) is 9.53. The van der Waals surface area contributed by atoms with E-state index in [0.29, 0.717) is 23.7 Å². The minimum absolute atomic E-state index is 0.127. The fraction of sp³-hybridized carbons (Fsp3) is 0.389. The molecule has 5 nitrogen and oxygen atoms in total. The van der Waals surface area contributed by atoms with E-state index in [1.807, 2.05) is 0 Å². The van der Waals surface area contributed by atoms with Crippen molar-refractivity contribution in [3.63, 3.8) is 0 Å². The van der Waals surface area contributed by atoms with Crippen LogP contribution in [0.2, 0.25) is 6.32 Å². The van der Waals surface area contributed by atoms with Gasteiger partial charge in [0.05, 0.1) is 25.0 Å². The Labute approximate surface area is 155 Å². The van der Waals surface area contributed by atoms with E-state index < -0.39 is 24.8 Å². The molecule has 144 valence electrons. The third kappa shape index (κ3) is 4.36. The van der Waals surface area contributed by atoms with Gasteiger partial charge in [-0.1, -0.05) is 0 Å². The number of hydrogen-bond acceptors (Lipinski definition) is 5. The first-order chi connectivity index (χ1) is 12.8. The molecule has 1 fully saturated rings. The number of pyridine rings is 1. The molecule has 0 aliphatic carbocycles. The molecule has 9 heteroatoms. The van der Waals surface area contributed by atoms with Crippen molar-refractivity contribution in [2.24, 2.45) is 0 Å². The second-order valence-corrected chi connectivity index (χ2v) is 6.18. The molecule has 2 heterocycles. The summed E-state index contributed by atoms with van der Waals surface area (Å²) in [5.41, 5.74) is 0.0960. The Morgan fingerprint density at radius 1 is 1.26 bits per heavy atom. The Bertz CT molecular complexity index is 816. The van der Waals surface area contributed by atoms with Crippen molar-refractivity contribution in [2.75, 3.05) is 20.3 Å². The first-order valence-electron chi connectivity index (χ1n) is 8.52. The van der Waals surface area contributed by atoms with Gasteiger partial charge in [0, 0.05) is 23.8 Å². The van der Waals surface area contributed by atoms with Crippen molar-refractivity contribution in [1.29, 1.82) is 0 Å². The minimum atomic E-state index is -4.51. The molecule has 1 atom stereocenters. The zero-order valence-corrected chi connectivity index (χ0v) is 14.9. The number of ether oxygens (including phenoxy) is 2. The SMILES string of the molecule is CCOc1cc(-c2cc(C(F)(F)F)cc([C@@H]3COB(O)C3)n2)ccc1OC. The van der Waals surface area contributed by atoms with Crippen molar-refractivity contribution >= 4 is 7.12 Å². The summed E-state index contributed by atoms with van der Waals surface area (Å²) >= 11 is 0. The van der Waals surface area contributed by atoms with Gasteiger partial charge in [0.15, 0.2) is 11.5 Å². The van der Waals surface area contributed by atoms with Gasteiger partial charge in [-0.05, 0) is 43.6 Å². The molecule has 27 heavy (non-hydrogen) atoms. The predicted molar refractivity (Wildman–Crippen MR) is 93.9 cm³/mol. The first-order valence-corrected chi connectivity index (χ1v) is 8.52. The maximum absolute atomic E-state index is 13.4. The van der Waals surface area contributed by atoms with E-state index in [9.17, 15) is 18.2 Å². The number of methoxy groups -OCH3 is 1. The molecule has 0 saturated carbocycles. The fourth-order valence-corrected chi connectivity index (χ4v) is 2.99. The Morgan fingerprint density at radius 2 is 2.04 bits per heavy atom. The highest BCUT2D eigenvalue weighted by atomic mass is 19.4. The molecule has 3 rings (SSSR count). The molecular formula is C18H19BF3NO4. The van der Waals surface area contributed by atoms with Gasteiger partial charge < -0.3 is 19.2 Å². The van der Waals surface area contributed by atoms with Crippen LogP contribution in [-0.2, 0) is 10.8 Å². The summed E-state index contributed by atoms with van der Waals surface area (Å²) in [4.78, 5) is 4.40. The van der Waals surface area contributed by atoms with Gasteiger partial charge in [0.25, 0.3) is 0 Å². The number of halogens is 3. The van der Waals surface area contributed by atoms with Crippen molar-refractivity contribution in [3.8, 4) is 22.8 Å². The standard InChI is InChI=1S/C18H19BF3NO4/c1-3-26-17-6-11(4-5-16(17)25-2)14-7-13(18(20,21)22)8-15(23-14)12-9-19(24)27-10-12/h4-8,12,24H,3,9-10H2,1-2H3/t12-/m0/s1. The van der Waals surface area contributed by atoms with Gasteiger partial charge in [0.1, 0.15) is 0 Å². The van der Waals surface area contributed by atoms with Gasteiger partial charge in [-0.2, -0.15) is 13.2 Å². The van der Waals surface area contributed by atoms with Gasteiger partial charge in [-0.3, -0.25) is 4.98 Å². The van der Waals surface area contributed by atoms with Crippen molar-refractivity contribution in [1.82, 2.24) is 4.98 Å². The topological polar surface area (TPSA) is 60.8 Å². The third-order valence-corrected chi connectivity index (χ3v) is 4.33. The zero-order chi connectivity index (χ0) is 19.6. The predicted octanol–water partition coefficient (Wildman–Crippen LogP) is 3.77. The average Bonchev–Trinajstić information content (AvgIpc) is 3.07. The van der Waals surface area contributed by atoms with E-state index in [2.05, 4.69) is 4.98 Å². The molecule has 1 aliphatic rings. The molecular weight excluding hydrogens is 362 g/mol. The number of nitrogens with zero attached hydrogens (tertiary/aromatic N) is 1.